The Kier molecular flexibility index (Phi) is 4.19. The fourth-order valence-electron chi connectivity index (χ4n) is 2.70. The molecule has 0 heterocycles. The molecule has 0 amide bonds. The Morgan fingerprint density at radius 2 is 2.12 bits per heavy atom. The molecular weight excluding hydrogens is 234 g/mol. The number of hydrogen-bond donors (Lipinski definition) is 1. The van der Waals surface area contributed by atoms with Gasteiger partial charge in [-0.2, -0.15) is 0 Å². The van der Waals surface area contributed by atoms with Crippen molar-refractivity contribution < 1.29 is 4.79 Å². The molecule has 2 N–H and O–H groups in total. The SMILES string of the molecule is NCC1CCCC1C(=O)Cc1ccccc1Cl. The minimum atomic E-state index is 0.149. The molecule has 17 heavy (non-hydrogen) atoms. The molecule has 2 atom stereocenters. The highest BCUT2D eigenvalue weighted by molar-refractivity contribution is 6.31. The molecule has 1 aromatic carbocycles. The molecule has 1 saturated carbocycles. The summed E-state index contributed by atoms with van der Waals surface area (Å²) in [6.45, 7) is 0.624. The number of hydrogen-bond acceptors (Lipinski definition) is 2. The Hall–Kier alpha value is -0.860. The van der Waals surface area contributed by atoms with E-state index < -0.39 is 0 Å². The molecule has 92 valence electrons. The molecule has 0 spiro atoms. The molecule has 0 bridgehead atoms. The van der Waals surface area contributed by atoms with Crippen molar-refractivity contribution in [3.05, 3.63) is 34.9 Å². The Labute approximate surface area is 107 Å². The first-order valence-corrected chi connectivity index (χ1v) is 6.56. The monoisotopic (exact) mass is 251 g/mol. The Morgan fingerprint density at radius 3 is 2.82 bits per heavy atom. The molecule has 1 aromatic rings. The quantitative estimate of drug-likeness (QED) is 0.894. The van der Waals surface area contributed by atoms with Gasteiger partial charge in [0.15, 0.2) is 0 Å². The third-order valence-corrected chi connectivity index (χ3v) is 4.07. The van der Waals surface area contributed by atoms with Crippen molar-refractivity contribution >= 4 is 17.4 Å². The number of halogens is 1. The van der Waals surface area contributed by atoms with Crippen molar-refractivity contribution in [3.8, 4) is 0 Å². The van der Waals surface area contributed by atoms with Gasteiger partial charge in [-0.05, 0) is 36.9 Å². The lowest BCUT2D eigenvalue weighted by atomic mass is 9.89. The second-order valence-corrected chi connectivity index (χ2v) is 5.17. The van der Waals surface area contributed by atoms with Crippen LogP contribution in [0.25, 0.3) is 0 Å². The zero-order valence-corrected chi connectivity index (χ0v) is 10.6. The summed E-state index contributed by atoms with van der Waals surface area (Å²) < 4.78 is 0. The average molecular weight is 252 g/mol. The van der Waals surface area contributed by atoms with E-state index in [2.05, 4.69) is 0 Å². The van der Waals surface area contributed by atoms with Gasteiger partial charge in [-0.15, -0.1) is 0 Å². The summed E-state index contributed by atoms with van der Waals surface area (Å²) in [7, 11) is 0. The van der Waals surface area contributed by atoms with Crippen LogP contribution in [0.2, 0.25) is 5.02 Å². The molecule has 3 heteroatoms. The number of carbonyl (C=O) groups excluding carboxylic acids is 1. The first-order valence-electron chi connectivity index (χ1n) is 6.18. The molecule has 0 aliphatic heterocycles. The van der Waals surface area contributed by atoms with Crippen molar-refractivity contribution in [3.63, 3.8) is 0 Å². The van der Waals surface area contributed by atoms with Gasteiger partial charge in [0.25, 0.3) is 0 Å². The van der Waals surface area contributed by atoms with Crippen LogP contribution in [0.3, 0.4) is 0 Å². The number of nitrogens with two attached hydrogens (primary N) is 1. The summed E-state index contributed by atoms with van der Waals surface area (Å²) in [4.78, 5) is 12.2. The van der Waals surface area contributed by atoms with E-state index in [1.54, 1.807) is 0 Å². The van der Waals surface area contributed by atoms with Crippen LogP contribution >= 0.6 is 11.6 Å². The van der Waals surface area contributed by atoms with Crippen LogP contribution in [0.5, 0.6) is 0 Å². The highest BCUT2D eigenvalue weighted by Gasteiger charge is 2.31. The Bertz CT molecular complexity index is 405. The lowest BCUT2D eigenvalue weighted by Gasteiger charge is -2.16. The lowest BCUT2D eigenvalue weighted by Crippen LogP contribution is -2.26. The first kappa shape index (κ1) is 12.6. The second kappa shape index (κ2) is 5.65. The van der Waals surface area contributed by atoms with E-state index >= 15 is 0 Å². The maximum Gasteiger partial charge on any atom is 0.140 e. The smallest absolute Gasteiger partial charge is 0.140 e. The van der Waals surface area contributed by atoms with Crippen molar-refractivity contribution in [2.45, 2.75) is 25.7 Å². The second-order valence-electron chi connectivity index (χ2n) is 4.77. The minimum Gasteiger partial charge on any atom is -0.330 e. The van der Waals surface area contributed by atoms with Crippen molar-refractivity contribution in [1.82, 2.24) is 0 Å². The highest BCUT2D eigenvalue weighted by atomic mass is 35.5. The van der Waals surface area contributed by atoms with Gasteiger partial charge in [0, 0.05) is 17.4 Å². The predicted molar refractivity (Wildman–Crippen MR) is 70.0 cm³/mol. The zero-order valence-electron chi connectivity index (χ0n) is 9.86. The molecule has 0 radical (unpaired) electrons. The van der Waals surface area contributed by atoms with Gasteiger partial charge in [0.1, 0.15) is 5.78 Å². The molecular formula is C14H18ClNO. The number of ketones is 1. The van der Waals surface area contributed by atoms with Crippen molar-refractivity contribution in [2.24, 2.45) is 17.6 Å². The molecule has 1 aliphatic rings. The molecule has 2 rings (SSSR count). The lowest BCUT2D eigenvalue weighted by molar-refractivity contribution is -0.123. The summed E-state index contributed by atoms with van der Waals surface area (Å²) in [6, 6.07) is 7.56. The van der Waals surface area contributed by atoms with Crippen LogP contribution in [0.4, 0.5) is 0 Å². The van der Waals surface area contributed by atoms with Crippen LogP contribution in [-0.4, -0.2) is 12.3 Å². The van der Waals surface area contributed by atoms with Gasteiger partial charge in [0.05, 0.1) is 0 Å². The third kappa shape index (κ3) is 2.88. The van der Waals surface area contributed by atoms with E-state index in [-0.39, 0.29) is 5.92 Å². The number of benzene rings is 1. The summed E-state index contributed by atoms with van der Waals surface area (Å²) in [6.07, 6.45) is 3.65. The van der Waals surface area contributed by atoms with Gasteiger partial charge in [-0.25, -0.2) is 0 Å². The van der Waals surface area contributed by atoms with Crippen molar-refractivity contribution in [2.75, 3.05) is 6.54 Å². The summed E-state index contributed by atoms with van der Waals surface area (Å²) in [5.41, 5.74) is 6.64. The fraction of sp³-hybridized carbons (Fsp3) is 0.500. The van der Waals surface area contributed by atoms with Crippen LogP contribution < -0.4 is 5.73 Å². The maximum atomic E-state index is 12.2. The van der Waals surface area contributed by atoms with Gasteiger partial charge in [-0.3, -0.25) is 4.79 Å². The normalized spacial score (nSPS) is 23.9. The van der Waals surface area contributed by atoms with E-state index in [9.17, 15) is 4.79 Å². The Morgan fingerprint density at radius 1 is 1.35 bits per heavy atom. The number of rotatable bonds is 4. The van der Waals surface area contributed by atoms with E-state index in [0.717, 1.165) is 24.8 Å². The van der Waals surface area contributed by atoms with Gasteiger partial charge >= 0.3 is 0 Å². The summed E-state index contributed by atoms with van der Waals surface area (Å²) in [5.74, 6) is 0.826. The van der Waals surface area contributed by atoms with Crippen LogP contribution in [0.15, 0.2) is 24.3 Å². The molecule has 0 saturated heterocycles. The van der Waals surface area contributed by atoms with Crippen LogP contribution in [-0.2, 0) is 11.2 Å². The van der Waals surface area contributed by atoms with Gasteiger partial charge in [0.2, 0.25) is 0 Å². The molecule has 2 nitrogen and oxygen atoms in total. The number of Topliss-reactive ketones (excluding diaryl/α,β-unsaturated/α-hetero) is 1. The molecule has 1 aliphatic carbocycles. The van der Waals surface area contributed by atoms with E-state index in [1.807, 2.05) is 24.3 Å². The first-order chi connectivity index (χ1) is 8.22. The average Bonchev–Trinajstić information content (AvgIpc) is 2.80. The maximum absolute atomic E-state index is 12.2. The molecule has 2 unspecified atom stereocenters. The minimum absolute atomic E-state index is 0.149. The predicted octanol–water partition coefficient (Wildman–Crippen LogP) is 2.83. The van der Waals surface area contributed by atoms with E-state index in [1.165, 1.54) is 0 Å². The summed E-state index contributed by atoms with van der Waals surface area (Å²) >= 11 is 6.07. The molecule has 0 aromatic heterocycles. The van der Waals surface area contributed by atoms with E-state index in [0.29, 0.717) is 29.7 Å². The topological polar surface area (TPSA) is 43.1 Å². The zero-order chi connectivity index (χ0) is 12.3. The third-order valence-electron chi connectivity index (χ3n) is 3.70. The van der Waals surface area contributed by atoms with Gasteiger partial charge < -0.3 is 5.73 Å². The van der Waals surface area contributed by atoms with Crippen LogP contribution in [0.1, 0.15) is 24.8 Å². The van der Waals surface area contributed by atoms with Gasteiger partial charge in [-0.1, -0.05) is 36.2 Å². The number of carbonyl (C=O) groups is 1. The standard InChI is InChI=1S/C14H18ClNO/c15-13-7-2-1-4-10(13)8-14(17)12-6-3-5-11(12)9-16/h1-2,4,7,11-12H,3,5-6,8-9,16H2. The Balaban J connectivity index is 2.04. The highest BCUT2D eigenvalue weighted by Crippen LogP contribution is 2.32. The largest absolute Gasteiger partial charge is 0.330 e. The molecule has 1 fully saturated rings. The summed E-state index contributed by atoms with van der Waals surface area (Å²) in [5, 5.41) is 0.683. The van der Waals surface area contributed by atoms with Crippen LogP contribution in [0, 0.1) is 11.8 Å². The van der Waals surface area contributed by atoms with E-state index in [4.69, 9.17) is 17.3 Å². The van der Waals surface area contributed by atoms with Crippen molar-refractivity contribution in [1.29, 1.82) is 0 Å². The fourth-order valence-corrected chi connectivity index (χ4v) is 2.91.